The number of amides is 1. The molecule has 1 aliphatic rings. The maximum Gasteiger partial charge on any atom is 0.229 e. The van der Waals surface area contributed by atoms with E-state index in [-0.39, 0.29) is 11.8 Å². The largest absolute Gasteiger partial charge is 0.324 e. The Hall–Kier alpha value is -1.27. The summed E-state index contributed by atoms with van der Waals surface area (Å²) in [6.45, 7) is 0. The van der Waals surface area contributed by atoms with Crippen LogP contribution in [0, 0.1) is 5.92 Å². The Morgan fingerprint density at radius 1 is 1.39 bits per heavy atom. The average molecular weight is 289 g/mol. The number of nitrogens with one attached hydrogen (secondary N) is 2. The van der Waals surface area contributed by atoms with Gasteiger partial charge in [-0.15, -0.1) is 0 Å². The predicted octanol–water partition coefficient (Wildman–Crippen LogP) is 2.06. The zero-order valence-electron chi connectivity index (χ0n) is 9.73. The molecule has 0 spiro atoms. The molecule has 2 rings (SSSR count). The van der Waals surface area contributed by atoms with Crippen LogP contribution >= 0.6 is 11.6 Å². The van der Waals surface area contributed by atoms with E-state index in [1.807, 2.05) is 0 Å². The van der Waals surface area contributed by atoms with Crippen molar-refractivity contribution in [3.8, 4) is 0 Å². The van der Waals surface area contributed by atoms with Crippen LogP contribution in [0.4, 0.5) is 11.4 Å². The Bertz CT molecular complexity index is 582. The van der Waals surface area contributed by atoms with E-state index in [9.17, 15) is 13.2 Å². The fourth-order valence-electron chi connectivity index (χ4n) is 1.48. The van der Waals surface area contributed by atoms with Gasteiger partial charge in [-0.3, -0.25) is 9.52 Å². The molecule has 0 aliphatic heterocycles. The van der Waals surface area contributed by atoms with Gasteiger partial charge >= 0.3 is 0 Å². The molecule has 5 nitrogen and oxygen atoms in total. The molecule has 1 saturated carbocycles. The van der Waals surface area contributed by atoms with Crippen molar-refractivity contribution in [3.05, 3.63) is 23.2 Å². The number of halogens is 1. The molecule has 1 fully saturated rings. The summed E-state index contributed by atoms with van der Waals surface area (Å²) in [6, 6.07) is 4.58. The molecule has 1 aliphatic carbocycles. The summed E-state index contributed by atoms with van der Waals surface area (Å²) in [6.07, 6.45) is 2.85. The monoisotopic (exact) mass is 288 g/mol. The minimum atomic E-state index is -3.35. The normalized spacial score (nSPS) is 15.2. The number of benzene rings is 1. The van der Waals surface area contributed by atoms with Gasteiger partial charge in [0.1, 0.15) is 0 Å². The maximum absolute atomic E-state index is 11.6. The number of hydrogen-bond acceptors (Lipinski definition) is 3. The summed E-state index contributed by atoms with van der Waals surface area (Å²) in [5, 5.41) is 3.07. The van der Waals surface area contributed by atoms with Crippen LogP contribution in [-0.4, -0.2) is 20.6 Å². The first kappa shape index (κ1) is 13.2. The number of anilines is 2. The summed E-state index contributed by atoms with van der Waals surface area (Å²) < 4.78 is 24.5. The number of carbonyl (C=O) groups excluding carboxylic acids is 1. The highest BCUT2D eigenvalue weighted by Crippen LogP contribution is 2.32. The van der Waals surface area contributed by atoms with Crippen LogP contribution in [0.2, 0.25) is 5.02 Å². The highest BCUT2D eigenvalue weighted by atomic mass is 35.5. The lowest BCUT2D eigenvalue weighted by atomic mass is 10.2. The van der Waals surface area contributed by atoms with Gasteiger partial charge in [0.25, 0.3) is 0 Å². The van der Waals surface area contributed by atoms with Crippen molar-refractivity contribution in [2.45, 2.75) is 12.8 Å². The second-order valence-electron chi connectivity index (χ2n) is 4.33. The summed E-state index contributed by atoms with van der Waals surface area (Å²) in [5.41, 5.74) is 0.787. The molecule has 0 aromatic heterocycles. The minimum Gasteiger partial charge on any atom is -0.324 e. The Morgan fingerprint density at radius 3 is 2.61 bits per heavy atom. The van der Waals surface area contributed by atoms with Gasteiger partial charge in [-0.25, -0.2) is 8.42 Å². The Balaban J connectivity index is 2.18. The number of carbonyl (C=O) groups is 1. The summed E-state index contributed by atoms with van der Waals surface area (Å²) in [5.74, 6) is -0.0130. The first-order valence-electron chi connectivity index (χ1n) is 5.43. The highest BCUT2D eigenvalue weighted by Gasteiger charge is 2.29. The lowest BCUT2D eigenvalue weighted by Gasteiger charge is -2.10. The fraction of sp³-hybridized carbons (Fsp3) is 0.364. The molecule has 0 bridgehead atoms. The fourth-order valence-corrected chi connectivity index (χ4v) is 2.20. The van der Waals surface area contributed by atoms with Crippen LogP contribution in [0.5, 0.6) is 0 Å². The second-order valence-corrected chi connectivity index (χ2v) is 6.49. The molecule has 2 N–H and O–H groups in total. The lowest BCUT2D eigenvalue weighted by Crippen LogP contribution is -2.14. The van der Waals surface area contributed by atoms with Crippen molar-refractivity contribution in [2.24, 2.45) is 5.92 Å². The standard InChI is InChI=1S/C11H13ClN2O3S/c1-18(16,17)14-8-4-5-9(12)10(6-8)13-11(15)7-2-3-7/h4-7,14H,2-3H2,1H3,(H,13,15). The topological polar surface area (TPSA) is 75.3 Å². The number of sulfonamides is 1. The summed E-state index contributed by atoms with van der Waals surface area (Å²) >= 11 is 5.94. The van der Waals surface area contributed by atoms with Gasteiger partial charge in [0, 0.05) is 5.92 Å². The van der Waals surface area contributed by atoms with Crippen molar-refractivity contribution < 1.29 is 13.2 Å². The molecule has 98 valence electrons. The maximum atomic E-state index is 11.6. The molecule has 0 unspecified atom stereocenters. The van der Waals surface area contributed by atoms with E-state index >= 15 is 0 Å². The van der Waals surface area contributed by atoms with E-state index in [1.165, 1.54) is 18.2 Å². The van der Waals surface area contributed by atoms with Crippen LogP contribution in [0.25, 0.3) is 0 Å². The van der Waals surface area contributed by atoms with Crippen LogP contribution in [-0.2, 0) is 14.8 Å². The molecule has 1 aromatic rings. The quantitative estimate of drug-likeness (QED) is 0.890. The first-order valence-corrected chi connectivity index (χ1v) is 7.70. The first-order chi connectivity index (χ1) is 8.35. The molecule has 18 heavy (non-hydrogen) atoms. The summed E-state index contributed by atoms with van der Waals surface area (Å²) in [7, 11) is -3.35. The van der Waals surface area contributed by atoms with Crippen molar-refractivity contribution in [1.82, 2.24) is 0 Å². The van der Waals surface area contributed by atoms with Gasteiger partial charge < -0.3 is 5.32 Å². The van der Waals surface area contributed by atoms with Crippen molar-refractivity contribution >= 4 is 38.9 Å². The van der Waals surface area contributed by atoms with Gasteiger partial charge in [-0.2, -0.15) is 0 Å². The SMILES string of the molecule is CS(=O)(=O)Nc1ccc(Cl)c(NC(=O)C2CC2)c1. The number of rotatable bonds is 4. The van der Waals surface area contributed by atoms with Crippen molar-refractivity contribution in [2.75, 3.05) is 16.3 Å². The van der Waals surface area contributed by atoms with E-state index in [1.54, 1.807) is 0 Å². The molecular formula is C11H13ClN2O3S. The Morgan fingerprint density at radius 2 is 2.06 bits per heavy atom. The molecule has 1 aromatic carbocycles. The van der Waals surface area contributed by atoms with Crippen LogP contribution < -0.4 is 10.0 Å². The smallest absolute Gasteiger partial charge is 0.229 e. The van der Waals surface area contributed by atoms with Crippen LogP contribution in [0.3, 0.4) is 0 Å². The van der Waals surface area contributed by atoms with Gasteiger partial charge in [-0.05, 0) is 31.0 Å². The molecule has 0 saturated heterocycles. The third-order valence-corrected chi connectivity index (χ3v) is 3.41. The Labute approximate surface area is 111 Å². The van der Waals surface area contributed by atoms with E-state index in [2.05, 4.69) is 10.0 Å². The molecule has 7 heteroatoms. The predicted molar refractivity (Wildman–Crippen MR) is 71.3 cm³/mol. The second kappa shape index (κ2) is 4.78. The lowest BCUT2D eigenvalue weighted by molar-refractivity contribution is -0.117. The van der Waals surface area contributed by atoms with Gasteiger partial charge in [0.05, 0.1) is 22.7 Å². The van der Waals surface area contributed by atoms with Crippen LogP contribution in [0.15, 0.2) is 18.2 Å². The highest BCUT2D eigenvalue weighted by molar-refractivity contribution is 7.92. The third-order valence-electron chi connectivity index (χ3n) is 2.48. The van der Waals surface area contributed by atoms with E-state index < -0.39 is 10.0 Å². The van der Waals surface area contributed by atoms with Gasteiger partial charge in [-0.1, -0.05) is 11.6 Å². The van der Waals surface area contributed by atoms with Gasteiger partial charge in [0.15, 0.2) is 0 Å². The Kier molecular flexibility index (Phi) is 3.49. The molecule has 1 amide bonds. The molecule has 0 atom stereocenters. The molecular weight excluding hydrogens is 276 g/mol. The minimum absolute atomic E-state index is 0.0626. The third kappa shape index (κ3) is 3.61. The van der Waals surface area contributed by atoms with E-state index in [0.717, 1.165) is 19.1 Å². The van der Waals surface area contributed by atoms with E-state index in [0.29, 0.717) is 16.4 Å². The van der Waals surface area contributed by atoms with Crippen molar-refractivity contribution in [3.63, 3.8) is 0 Å². The summed E-state index contributed by atoms with van der Waals surface area (Å²) in [4.78, 5) is 11.6. The zero-order chi connectivity index (χ0) is 13.3. The van der Waals surface area contributed by atoms with E-state index in [4.69, 9.17) is 11.6 Å². The average Bonchev–Trinajstić information content (AvgIpc) is 3.04. The molecule has 0 radical (unpaired) electrons. The molecule has 0 heterocycles. The van der Waals surface area contributed by atoms with Crippen molar-refractivity contribution in [1.29, 1.82) is 0 Å². The zero-order valence-corrected chi connectivity index (χ0v) is 11.3. The van der Waals surface area contributed by atoms with Gasteiger partial charge in [0.2, 0.25) is 15.9 Å². The van der Waals surface area contributed by atoms with Crippen LogP contribution in [0.1, 0.15) is 12.8 Å². The number of hydrogen-bond donors (Lipinski definition) is 2.